The average Bonchev–Trinajstić information content (AvgIpc) is 2.90. The lowest BCUT2D eigenvalue weighted by Crippen LogP contribution is -2.69. The molecule has 0 aromatic heterocycles. The Bertz CT molecular complexity index is 767. The molecule has 7 rings (SSSR count). The zero-order valence-corrected chi connectivity index (χ0v) is 14.4. The van der Waals surface area contributed by atoms with Crippen molar-refractivity contribution in [1.29, 1.82) is 0 Å². The molecule has 2 amide bonds. The summed E-state index contributed by atoms with van der Waals surface area (Å²) in [5.74, 6) is 0.439. The van der Waals surface area contributed by atoms with E-state index >= 15 is 0 Å². The molecule has 3 nitrogen and oxygen atoms in total. The number of allylic oxidation sites excluding steroid dienone is 2. The van der Waals surface area contributed by atoms with Gasteiger partial charge in [0.2, 0.25) is 11.8 Å². The van der Waals surface area contributed by atoms with Crippen LogP contribution in [0.2, 0.25) is 0 Å². The molecule has 25 heavy (non-hydrogen) atoms. The maximum Gasteiger partial charge on any atom is 0.238 e. The van der Waals surface area contributed by atoms with Gasteiger partial charge in [-0.25, -0.2) is 0 Å². The van der Waals surface area contributed by atoms with Crippen molar-refractivity contribution in [3.63, 3.8) is 0 Å². The highest BCUT2D eigenvalue weighted by Crippen LogP contribution is 2.79. The van der Waals surface area contributed by atoms with Gasteiger partial charge in [-0.15, -0.1) is 0 Å². The van der Waals surface area contributed by atoms with Gasteiger partial charge in [0.25, 0.3) is 0 Å². The minimum absolute atomic E-state index is 0.0565. The Morgan fingerprint density at radius 1 is 0.760 bits per heavy atom. The van der Waals surface area contributed by atoms with Crippen LogP contribution >= 0.6 is 0 Å². The molecule has 4 fully saturated rings. The van der Waals surface area contributed by atoms with Crippen LogP contribution in [0.1, 0.15) is 38.5 Å². The van der Waals surface area contributed by atoms with Crippen molar-refractivity contribution < 1.29 is 9.59 Å². The third-order valence-electron chi connectivity index (χ3n) is 8.49. The van der Waals surface area contributed by atoms with Crippen LogP contribution in [0, 0.1) is 34.5 Å². The van der Waals surface area contributed by atoms with Crippen molar-refractivity contribution in [2.75, 3.05) is 4.90 Å². The van der Waals surface area contributed by atoms with Gasteiger partial charge in [0.05, 0.1) is 17.5 Å². The van der Waals surface area contributed by atoms with Crippen LogP contribution in [0.3, 0.4) is 0 Å². The first-order valence-corrected chi connectivity index (χ1v) is 9.81. The molecule has 6 aliphatic rings. The predicted octanol–water partition coefficient (Wildman–Crippen LogP) is 3.95. The highest BCUT2D eigenvalue weighted by atomic mass is 16.2. The molecule has 1 aliphatic heterocycles. The molecule has 0 N–H and O–H groups in total. The third kappa shape index (κ3) is 1.39. The van der Waals surface area contributed by atoms with Crippen LogP contribution in [0.25, 0.3) is 0 Å². The molecule has 128 valence electrons. The van der Waals surface area contributed by atoms with Crippen LogP contribution in [-0.2, 0) is 9.59 Å². The molecular weight excluding hydrogens is 310 g/mol. The number of nitrogens with zero attached hydrogens (tertiary/aromatic N) is 1. The average molecular weight is 333 g/mol. The lowest BCUT2D eigenvalue weighted by atomic mass is 9.29. The zero-order valence-electron chi connectivity index (χ0n) is 14.4. The lowest BCUT2D eigenvalue weighted by molar-refractivity contribution is -0.232. The van der Waals surface area contributed by atoms with Crippen molar-refractivity contribution in [2.45, 2.75) is 38.5 Å². The number of carbonyl (C=O) groups excluding carboxylic acids is 2. The highest BCUT2D eigenvalue weighted by molar-refractivity contribution is 6.22. The third-order valence-corrected chi connectivity index (χ3v) is 8.49. The quantitative estimate of drug-likeness (QED) is 0.576. The number of imide groups is 1. The van der Waals surface area contributed by atoms with Crippen molar-refractivity contribution >= 4 is 17.5 Å². The first-order valence-electron chi connectivity index (χ1n) is 9.81. The van der Waals surface area contributed by atoms with Crippen molar-refractivity contribution in [2.24, 2.45) is 34.5 Å². The number of anilines is 1. The lowest BCUT2D eigenvalue weighted by Gasteiger charge is -2.74. The van der Waals surface area contributed by atoms with Gasteiger partial charge >= 0.3 is 0 Å². The van der Waals surface area contributed by atoms with Crippen LogP contribution in [0.15, 0.2) is 42.5 Å². The number of carbonyl (C=O) groups is 2. The fourth-order valence-electron chi connectivity index (χ4n) is 7.56. The van der Waals surface area contributed by atoms with Gasteiger partial charge in [-0.3, -0.25) is 14.5 Å². The number of hydrogen-bond donors (Lipinski definition) is 0. The number of benzene rings is 1. The normalized spacial score (nSPS) is 46.5. The number of para-hydroxylation sites is 1. The summed E-state index contributed by atoms with van der Waals surface area (Å²) in [4.78, 5) is 28.2. The van der Waals surface area contributed by atoms with Crippen molar-refractivity contribution in [3.8, 4) is 0 Å². The second-order valence-corrected chi connectivity index (χ2v) is 8.85. The molecule has 1 saturated heterocycles. The van der Waals surface area contributed by atoms with E-state index in [2.05, 4.69) is 12.2 Å². The first kappa shape index (κ1) is 14.3. The van der Waals surface area contributed by atoms with Gasteiger partial charge in [-0.1, -0.05) is 43.2 Å². The van der Waals surface area contributed by atoms with Gasteiger partial charge < -0.3 is 0 Å². The van der Waals surface area contributed by atoms with Crippen LogP contribution in [0.5, 0.6) is 0 Å². The fraction of sp³-hybridized carbons (Fsp3) is 0.545. The Balaban J connectivity index is 1.50. The molecule has 0 spiro atoms. The van der Waals surface area contributed by atoms with Gasteiger partial charge in [-0.2, -0.15) is 0 Å². The van der Waals surface area contributed by atoms with E-state index in [4.69, 9.17) is 0 Å². The number of hydrogen-bond acceptors (Lipinski definition) is 2. The predicted molar refractivity (Wildman–Crippen MR) is 94.6 cm³/mol. The fourth-order valence-corrected chi connectivity index (χ4v) is 7.56. The van der Waals surface area contributed by atoms with Crippen LogP contribution in [0.4, 0.5) is 5.69 Å². The summed E-state index contributed by atoms with van der Waals surface area (Å²) in [6.07, 6.45) is 12.3. The molecule has 2 bridgehead atoms. The maximum atomic E-state index is 13.4. The monoisotopic (exact) mass is 333 g/mol. The Hall–Kier alpha value is -1.90. The van der Waals surface area contributed by atoms with Gasteiger partial charge in [0.15, 0.2) is 0 Å². The topological polar surface area (TPSA) is 37.4 Å². The largest absolute Gasteiger partial charge is 0.274 e. The molecular formula is C22H23NO2. The molecule has 1 aromatic rings. The summed E-state index contributed by atoms with van der Waals surface area (Å²) in [6, 6.07) is 9.53. The SMILES string of the molecule is O=C1[C@@H]2[C@@H](C(=O)N1c1ccccc1)[C@@H]1C=C[C@@H]2[C@@]23CCCC[C@@]12CC3. The minimum atomic E-state index is -0.116. The summed E-state index contributed by atoms with van der Waals surface area (Å²) in [7, 11) is 0. The van der Waals surface area contributed by atoms with E-state index < -0.39 is 0 Å². The summed E-state index contributed by atoms with van der Waals surface area (Å²) in [5, 5.41) is 0. The summed E-state index contributed by atoms with van der Waals surface area (Å²) in [6.45, 7) is 0. The Morgan fingerprint density at radius 2 is 1.28 bits per heavy atom. The summed E-state index contributed by atoms with van der Waals surface area (Å²) < 4.78 is 0. The van der Waals surface area contributed by atoms with E-state index in [1.54, 1.807) is 0 Å². The summed E-state index contributed by atoms with van der Waals surface area (Å²) in [5.41, 5.74) is 1.37. The zero-order chi connectivity index (χ0) is 16.8. The van der Waals surface area contributed by atoms with E-state index in [9.17, 15) is 9.59 Å². The second-order valence-electron chi connectivity index (χ2n) is 8.85. The highest BCUT2D eigenvalue weighted by Gasteiger charge is 2.76. The Labute approximate surface area is 148 Å². The van der Waals surface area contributed by atoms with E-state index in [1.807, 2.05) is 30.3 Å². The van der Waals surface area contributed by atoms with E-state index in [1.165, 1.54) is 43.4 Å². The van der Waals surface area contributed by atoms with Crippen LogP contribution < -0.4 is 4.90 Å². The summed E-state index contributed by atoms with van der Waals surface area (Å²) >= 11 is 0. The molecule has 6 atom stereocenters. The Kier molecular flexibility index (Phi) is 2.53. The first-order chi connectivity index (χ1) is 12.2. The number of rotatable bonds is 1. The van der Waals surface area contributed by atoms with E-state index in [0.717, 1.165) is 5.69 Å². The van der Waals surface area contributed by atoms with Gasteiger partial charge in [0, 0.05) is 0 Å². The van der Waals surface area contributed by atoms with Gasteiger partial charge in [-0.05, 0) is 60.5 Å². The second kappa shape index (κ2) is 4.44. The molecule has 5 aliphatic carbocycles. The molecule has 3 saturated carbocycles. The number of amides is 2. The van der Waals surface area contributed by atoms with Gasteiger partial charge in [0.1, 0.15) is 0 Å². The van der Waals surface area contributed by atoms with Crippen LogP contribution in [-0.4, -0.2) is 11.8 Å². The van der Waals surface area contributed by atoms with Crippen molar-refractivity contribution in [1.82, 2.24) is 0 Å². The standard InChI is InChI=1S/C22H23NO2/c24-19-17-15-8-9-16(22-11-5-4-10-21(15,22)12-13-22)18(17)20(25)23(19)14-6-2-1-3-7-14/h1-3,6-9,15-18H,4-5,10-13H2/t15-,16-,17-,18-,21-,22+/m0/s1. The molecule has 0 unspecified atom stereocenters. The smallest absolute Gasteiger partial charge is 0.238 e. The molecule has 3 heteroatoms. The Morgan fingerprint density at radius 3 is 1.76 bits per heavy atom. The van der Waals surface area contributed by atoms with E-state index in [0.29, 0.717) is 10.8 Å². The molecule has 1 aromatic carbocycles. The van der Waals surface area contributed by atoms with Crippen molar-refractivity contribution in [3.05, 3.63) is 42.5 Å². The molecule has 1 heterocycles. The van der Waals surface area contributed by atoms with E-state index in [-0.39, 0.29) is 35.5 Å². The molecule has 0 radical (unpaired) electrons. The minimum Gasteiger partial charge on any atom is -0.274 e. The maximum absolute atomic E-state index is 13.4.